The van der Waals surface area contributed by atoms with Gasteiger partial charge in [0, 0.05) is 0 Å². The third kappa shape index (κ3) is 1.87. The molecule has 1 unspecified atom stereocenters. The van der Waals surface area contributed by atoms with E-state index in [1.54, 1.807) is 13.8 Å². The Bertz CT molecular complexity index is 475. The van der Waals surface area contributed by atoms with Gasteiger partial charge in [0.1, 0.15) is 0 Å². The van der Waals surface area contributed by atoms with Gasteiger partial charge in [0.15, 0.2) is 24.0 Å². The molecule has 1 aromatic carbocycles. The fourth-order valence-corrected chi connectivity index (χ4v) is 1.98. The van der Waals surface area contributed by atoms with Gasteiger partial charge in [0.05, 0.1) is 0 Å². The van der Waals surface area contributed by atoms with Crippen molar-refractivity contribution in [2.24, 2.45) is 5.92 Å². The summed E-state index contributed by atoms with van der Waals surface area (Å²) in [5.41, 5.74) is -1.28. The molecule has 0 amide bonds. The minimum Gasteiger partial charge on any atom is -0.328 e. The predicted molar refractivity (Wildman–Crippen MR) is 56.0 cm³/mol. The first-order valence-corrected chi connectivity index (χ1v) is 5.42. The normalized spacial score (nSPS) is 24.2. The number of hydrogen-bond acceptors (Lipinski definition) is 4. The second kappa shape index (κ2) is 4.62. The number of benzene rings is 1. The zero-order valence-electron chi connectivity index (χ0n) is 9.91. The molecule has 0 aliphatic carbocycles. The van der Waals surface area contributed by atoms with E-state index in [4.69, 9.17) is 4.74 Å². The summed E-state index contributed by atoms with van der Waals surface area (Å²) in [6, 6.07) is 3.17. The number of carbonyl (C=O) groups is 1. The van der Waals surface area contributed by atoms with Gasteiger partial charge in [-0.05, 0) is 23.6 Å². The Morgan fingerprint density at radius 1 is 1.28 bits per heavy atom. The van der Waals surface area contributed by atoms with E-state index in [1.807, 2.05) is 0 Å². The zero-order chi connectivity index (χ0) is 13.3. The maximum absolute atomic E-state index is 13.3. The number of hydrogen-bond donors (Lipinski definition) is 0. The predicted octanol–water partition coefficient (Wildman–Crippen LogP) is 2.28. The molecule has 0 radical (unpaired) electrons. The highest BCUT2D eigenvalue weighted by Crippen LogP contribution is 2.37. The lowest BCUT2D eigenvalue weighted by Gasteiger charge is -2.37. The van der Waals surface area contributed by atoms with Gasteiger partial charge < -0.3 is 4.74 Å². The van der Waals surface area contributed by atoms with E-state index in [9.17, 15) is 13.6 Å². The Kier molecular flexibility index (Phi) is 3.32. The van der Waals surface area contributed by atoms with Crippen LogP contribution in [0.5, 0.6) is 0 Å². The minimum atomic E-state index is -1.48. The molecular formula is C12H12F2O4. The van der Waals surface area contributed by atoms with Crippen molar-refractivity contribution < 1.29 is 28.1 Å². The average molecular weight is 258 g/mol. The Morgan fingerprint density at radius 3 is 2.56 bits per heavy atom. The fourth-order valence-electron chi connectivity index (χ4n) is 1.98. The smallest absolute Gasteiger partial charge is 0.328 e. The zero-order valence-corrected chi connectivity index (χ0v) is 9.91. The highest BCUT2D eigenvalue weighted by Gasteiger charge is 2.49. The Morgan fingerprint density at radius 2 is 2.00 bits per heavy atom. The molecule has 1 saturated heterocycles. The first kappa shape index (κ1) is 12.9. The minimum absolute atomic E-state index is 0.199. The Hall–Kier alpha value is -1.53. The highest BCUT2D eigenvalue weighted by molar-refractivity contribution is 5.81. The molecule has 0 N–H and O–H groups in total. The number of halogens is 2. The van der Waals surface area contributed by atoms with Gasteiger partial charge in [-0.1, -0.05) is 19.9 Å². The molecule has 1 aliphatic heterocycles. The van der Waals surface area contributed by atoms with Crippen molar-refractivity contribution in [1.29, 1.82) is 0 Å². The van der Waals surface area contributed by atoms with Crippen molar-refractivity contribution >= 4 is 5.97 Å². The van der Waals surface area contributed by atoms with Crippen molar-refractivity contribution in [2.75, 3.05) is 6.79 Å². The molecule has 98 valence electrons. The quantitative estimate of drug-likeness (QED) is 0.763. The maximum Gasteiger partial charge on any atom is 0.378 e. The maximum atomic E-state index is 13.3. The van der Waals surface area contributed by atoms with E-state index in [-0.39, 0.29) is 18.3 Å². The Labute approximate surface area is 102 Å². The number of rotatable bonds is 2. The molecule has 6 heteroatoms. The number of ether oxygens (including phenoxy) is 1. The van der Waals surface area contributed by atoms with Crippen LogP contribution in [0, 0.1) is 17.6 Å². The van der Waals surface area contributed by atoms with Crippen LogP contribution in [0.1, 0.15) is 19.4 Å². The van der Waals surface area contributed by atoms with Gasteiger partial charge in [0.2, 0.25) is 0 Å². The molecule has 2 rings (SSSR count). The average Bonchev–Trinajstić information content (AvgIpc) is 2.33. The molecule has 1 aliphatic rings. The first-order chi connectivity index (χ1) is 8.48. The lowest BCUT2D eigenvalue weighted by atomic mass is 9.83. The van der Waals surface area contributed by atoms with Crippen LogP contribution in [0.25, 0.3) is 0 Å². The fraction of sp³-hybridized carbons (Fsp3) is 0.417. The SMILES string of the molecule is CC(C)C1(c2ccc(F)c(F)c2)OCOOC1=O. The van der Waals surface area contributed by atoms with E-state index in [2.05, 4.69) is 9.78 Å². The van der Waals surface area contributed by atoms with E-state index in [1.165, 1.54) is 6.07 Å². The highest BCUT2D eigenvalue weighted by atomic mass is 19.2. The molecule has 1 heterocycles. The second-order valence-electron chi connectivity index (χ2n) is 4.27. The number of carbonyl (C=O) groups excluding carboxylic acids is 1. The summed E-state index contributed by atoms with van der Waals surface area (Å²) in [4.78, 5) is 20.8. The van der Waals surface area contributed by atoms with Crippen molar-refractivity contribution in [3.8, 4) is 0 Å². The molecule has 18 heavy (non-hydrogen) atoms. The largest absolute Gasteiger partial charge is 0.378 e. The van der Waals surface area contributed by atoms with Crippen LogP contribution in [-0.2, 0) is 24.9 Å². The molecule has 1 fully saturated rings. The van der Waals surface area contributed by atoms with Crippen molar-refractivity contribution in [2.45, 2.75) is 19.4 Å². The third-order valence-electron chi connectivity index (χ3n) is 2.93. The summed E-state index contributed by atoms with van der Waals surface area (Å²) in [5.74, 6) is -3.15. The molecular weight excluding hydrogens is 246 g/mol. The van der Waals surface area contributed by atoms with E-state index in [0.717, 1.165) is 12.1 Å². The Balaban J connectivity index is 2.53. The van der Waals surface area contributed by atoms with Crippen LogP contribution in [-0.4, -0.2) is 12.8 Å². The summed E-state index contributed by atoms with van der Waals surface area (Å²) in [7, 11) is 0. The van der Waals surface area contributed by atoms with Gasteiger partial charge in [0.25, 0.3) is 0 Å². The van der Waals surface area contributed by atoms with E-state index < -0.39 is 23.2 Å². The van der Waals surface area contributed by atoms with Crippen LogP contribution in [0.2, 0.25) is 0 Å². The van der Waals surface area contributed by atoms with Gasteiger partial charge >= 0.3 is 5.97 Å². The molecule has 0 bridgehead atoms. The van der Waals surface area contributed by atoms with Gasteiger partial charge in [-0.2, -0.15) is 4.89 Å². The van der Waals surface area contributed by atoms with Crippen molar-refractivity contribution in [1.82, 2.24) is 0 Å². The summed E-state index contributed by atoms with van der Waals surface area (Å²) < 4.78 is 31.5. The van der Waals surface area contributed by atoms with Crippen molar-refractivity contribution in [3.63, 3.8) is 0 Å². The third-order valence-corrected chi connectivity index (χ3v) is 2.93. The first-order valence-electron chi connectivity index (χ1n) is 5.42. The van der Waals surface area contributed by atoms with Crippen LogP contribution < -0.4 is 0 Å². The van der Waals surface area contributed by atoms with E-state index >= 15 is 0 Å². The standard InChI is InChI=1S/C12H12F2O4/c1-7(2)12(11(15)18-17-6-16-12)8-3-4-9(13)10(14)5-8/h3-5,7H,6H2,1-2H3. The summed E-state index contributed by atoms with van der Waals surface area (Å²) >= 11 is 0. The molecule has 0 saturated carbocycles. The van der Waals surface area contributed by atoms with Gasteiger partial charge in [-0.3, -0.25) is 4.89 Å². The van der Waals surface area contributed by atoms with Crippen LogP contribution in [0.15, 0.2) is 18.2 Å². The van der Waals surface area contributed by atoms with E-state index in [0.29, 0.717) is 0 Å². The van der Waals surface area contributed by atoms with Crippen LogP contribution in [0.3, 0.4) is 0 Å². The topological polar surface area (TPSA) is 44.8 Å². The van der Waals surface area contributed by atoms with Gasteiger partial charge in [-0.15, -0.1) is 0 Å². The second-order valence-corrected chi connectivity index (χ2v) is 4.27. The lowest BCUT2D eigenvalue weighted by molar-refractivity contribution is -0.375. The van der Waals surface area contributed by atoms with Crippen LogP contribution >= 0.6 is 0 Å². The van der Waals surface area contributed by atoms with Gasteiger partial charge in [-0.25, -0.2) is 13.6 Å². The summed E-state index contributed by atoms with van der Waals surface area (Å²) in [6.07, 6.45) is 0. The molecule has 0 spiro atoms. The molecule has 0 aromatic heterocycles. The monoisotopic (exact) mass is 258 g/mol. The van der Waals surface area contributed by atoms with Crippen molar-refractivity contribution in [3.05, 3.63) is 35.4 Å². The molecule has 1 atom stereocenters. The lowest BCUT2D eigenvalue weighted by Crippen LogP contribution is -2.48. The summed E-state index contributed by atoms with van der Waals surface area (Å²) in [6.45, 7) is 3.17. The molecule has 4 nitrogen and oxygen atoms in total. The van der Waals surface area contributed by atoms with Crippen LogP contribution in [0.4, 0.5) is 8.78 Å². The molecule has 1 aromatic rings. The summed E-state index contributed by atoms with van der Waals surface area (Å²) in [5, 5.41) is 0.